The molecule has 0 spiro atoms. The third-order valence-corrected chi connectivity index (χ3v) is 2.60. The van der Waals surface area contributed by atoms with Gasteiger partial charge >= 0.3 is 0 Å². The van der Waals surface area contributed by atoms with Gasteiger partial charge in [-0.1, -0.05) is 0 Å². The van der Waals surface area contributed by atoms with Crippen molar-refractivity contribution in [1.29, 1.82) is 0 Å². The van der Waals surface area contributed by atoms with Gasteiger partial charge in [-0.3, -0.25) is 0 Å². The molecule has 0 aromatic rings. The minimum Gasteiger partial charge on any atom is -0.305 e. The fourth-order valence-corrected chi connectivity index (χ4v) is 1.85. The van der Waals surface area contributed by atoms with Crippen molar-refractivity contribution in [2.75, 3.05) is 39.6 Å². The quantitative estimate of drug-likeness (QED) is 0.589. The van der Waals surface area contributed by atoms with Gasteiger partial charge in [0.1, 0.15) is 0 Å². The number of hydrogen-bond acceptors (Lipinski definition) is 2. The third kappa shape index (κ3) is 2.62. The molecule has 66 valence electrons. The summed E-state index contributed by atoms with van der Waals surface area (Å²) in [4.78, 5) is 4.73. The summed E-state index contributed by atoms with van der Waals surface area (Å²) < 4.78 is 0. The molecule has 0 aromatic heterocycles. The van der Waals surface area contributed by atoms with E-state index in [0.29, 0.717) is 0 Å². The lowest BCUT2D eigenvalue weighted by molar-refractivity contribution is 0.254. The Bertz CT molecular complexity index is 119. The fraction of sp³-hybridized carbons (Fsp3) is 1.00. The second-order valence-corrected chi connectivity index (χ2v) is 3.75. The highest BCUT2D eigenvalue weighted by Crippen LogP contribution is 2.11. The third-order valence-electron chi connectivity index (χ3n) is 2.43. The molecule has 1 heterocycles. The van der Waals surface area contributed by atoms with Crippen LogP contribution in [-0.4, -0.2) is 55.5 Å². The van der Waals surface area contributed by atoms with E-state index in [0.717, 1.165) is 18.5 Å². The first-order chi connectivity index (χ1) is 5.24. The highest BCUT2D eigenvalue weighted by molar-refractivity contribution is 6.18. The molecule has 1 rings (SSSR count). The molecule has 0 N–H and O–H groups in total. The Kier molecular flexibility index (Phi) is 3.63. The maximum absolute atomic E-state index is 5.66. The average molecular weight is 177 g/mol. The van der Waals surface area contributed by atoms with Crippen molar-refractivity contribution >= 4 is 11.6 Å². The number of alkyl halides is 1. The van der Waals surface area contributed by atoms with Gasteiger partial charge in [0.15, 0.2) is 0 Å². The van der Waals surface area contributed by atoms with Gasteiger partial charge in [-0.15, -0.1) is 11.6 Å². The monoisotopic (exact) mass is 176 g/mol. The summed E-state index contributed by atoms with van der Waals surface area (Å²) in [5, 5.41) is 0. The number of rotatable bonds is 3. The molecule has 0 saturated carbocycles. The van der Waals surface area contributed by atoms with E-state index in [1.807, 2.05) is 0 Å². The zero-order chi connectivity index (χ0) is 8.27. The lowest BCUT2D eigenvalue weighted by atomic mass is 10.2. The van der Waals surface area contributed by atoms with Crippen LogP contribution in [0.3, 0.4) is 0 Å². The van der Waals surface area contributed by atoms with Gasteiger partial charge in [0.2, 0.25) is 0 Å². The van der Waals surface area contributed by atoms with Crippen molar-refractivity contribution in [3.8, 4) is 0 Å². The van der Waals surface area contributed by atoms with Crippen LogP contribution < -0.4 is 0 Å². The first kappa shape index (κ1) is 9.30. The molecule has 0 radical (unpaired) electrons. The molecule has 2 nitrogen and oxygen atoms in total. The summed E-state index contributed by atoms with van der Waals surface area (Å²) in [7, 11) is 4.33. The first-order valence-corrected chi connectivity index (χ1v) is 4.72. The second kappa shape index (κ2) is 4.29. The number of likely N-dealkylation sites (tertiary alicyclic amines) is 1. The van der Waals surface area contributed by atoms with Crippen LogP contribution in [-0.2, 0) is 0 Å². The molecule has 11 heavy (non-hydrogen) atoms. The Hall–Kier alpha value is 0.210. The summed E-state index contributed by atoms with van der Waals surface area (Å²) >= 11 is 5.66. The van der Waals surface area contributed by atoms with E-state index in [-0.39, 0.29) is 0 Å². The van der Waals surface area contributed by atoms with E-state index in [1.165, 1.54) is 19.5 Å². The topological polar surface area (TPSA) is 6.48 Å². The van der Waals surface area contributed by atoms with Gasteiger partial charge < -0.3 is 9.80 Å². The average Bonchev–Trinajstić information content (AvgIpc) is 2.36. The summed E-state index contributed by atoms with van der Waals surface area (Å²) in [6.45, 7) is 3.45. The lowest BCUT2D eigenvalue weighted by Crippen LogP contribution is -2.34. The number of nitrogens with zero attached hydrogens (tertiary/aromatic N) is 2. The summed E-state index contributed by atoms with van der Waals surface area (Å²) in [6.07, 6.45) is 1.30. The standard InChI is InChI=1S/C8H17ClN2/c1-10-5-3-8(7-10)11(2)6-4-9/h8H,3-7H2,1-2H3. The van der Waals surface area contributed by atoms with Gasteiger partial charge in [0.05, 0.1) is 0 Å². The molecular weight excluding hydrogens is 160 g/mol. The Morgan fingerprint density at radius 3 is 2.82 bits per heavy atom. The van der Waals surface area contributed by atoms with Gasteiger partial charge in [-0.2, -0.15) is 0 Å². The molecule has 0 aliphatic carbocycles. The maximum Gasteiger partial charge on any atom is 0.0351 e. The van der Waals surface area contributed by atoms with E-state index >= 15 is 0 Å². The SMILES string of the molecule is CN1CCC(N(C)CCCl)C1. The molecule has 3 heteroatoms. The molecule has 0 bridgehead atoms. The number of halogens is 1. The minimum atomic E-state index is 0.735. The van der Waals surface area contributed by atoms with Crippen LogP contribution in [0.2, 0.25) is 0 Å². The van der Waals surface area contributed by atoms with Gasteiger partial charge in [0, 0.05) is 25.0 Å². The highest BCUT2D eigenvalue weighted by atomic mass is 35.5. The summed E-state index contributed by atoms with van der Waals surface area (Å²) in [6, 6.07) is 0.735. The van der Waals surface area contributed by atoms with Gasteiger partial charge in [-0.25, -0.2) is 0 Å². The zero-order valence-electron chi connectivity index (χ0n) is 7.39. The summed E-state index contributed by atoms with van der Waals surface area (Å²) in [5.41, 5.74) is 0. The molecule has 1 aliphatic rings. The Labute approximate surface area is 74.1 Å². The van der Waals surface area contributed by atoms with Crippen LogP contribution in [0, 0.1) is 0 Å². The Morgan fingerprint density at radius 1 is 1.64 bits per heavy atom. The molecule has 0 aromatic carbocycles. The van der Waals surface area contributed by atoms with Crippen LogP contribution in [0.25, 0.3) is 0 Å². The maximum atomic E-state index is 5.66. The smallest absolute Gasteiger partial charge is 0.0351 e. The van der Waals surface area contributed by atoms with E-state index in [2.05, 4.69) is 23.9 Å². The van der Waals surface area contributed by atoms with Crippen LogP contribution in [0.5, 0.6) is 0 Å². The normalized spacial score (nSPS) is 26.7. The minimum absolute atomic E-state index is 0.735. The fourth-order valence-electron chi connectivity index (χ4n) is 1.59. The second-order valence-electron chi connectivity index (χ2n) is 3.37. The molecule has 1 atom stereocenters. The van der Waals surface area contributed by atoms with Crippen LogP contribution in [0.15, 0.2) is 0 Å². The van der Waals surface area contributed by atoms with Crippen molar-refractivity contribution < 1.29 is 0 Å². The van der Waals surface area contributed by atoms with E-state index in [1.54, 1.807) is 0 Å². The molecule has 1 unspecified atom stereocenters. The van der Waals surface area contributed by atoms with E-state index in [4.69, 9.17) is 11.6 Å². The number of likely N-dealkylation sites (N-methyl/N-ethyl adjacent to an activating group) is 2. The molecule has 1 fully saturated rings. The van der Waals surface area contributed by atoms with Crippen LogP contribution in [0.4, 0.5) is 0 Å². The Balaban J connectivity index is 2.25. The first-order valence-electron chi connectivity index (χ1n) is 4.19. The van der Waals surface area contributed by atoms with Crippen LogP contribution >= 0.6 is 11.6 Å². The summed E-state index contributed by atoms with van der Waals surface area (Å²) in [5.74, 6) is 0.747. The Morgan fingerprint density at radius 2 is 2.36 bits per heavy atom. The largest absolute Gasteiger partial charge is 0.305 e. The molecule has 1 saturated heterocycles. The van der Waals surface area contributed by atoms with E-state index in [9.17, 15) is 0 Å². The zero-order valence-corrected chi connectivity index (χ0v) is 8.14. The highest BCUT2D eigenvalue weighted by Gasteiger charge is 2.22. The van der Waals surface area contributed by atoms with Crippen molar-refractivity contribution in [2.45, 2.75) is 12.5 Å². The van der Waals surface area contributed by atoms with Crippen molar-refractivity contribution in [3.05, 3.63) is 0 Å². The predicted octanol–water partition coefficient (Wildman–Crippen LogP) is 0.861. The molecule has 0 amide bonds. The van der Waals surface area contributed by atoms with Crippen molar-refractivity contribution in [1.82, 2.24) is 9.80 Å². The molecule has 1 aliphatic heterocycles. The van der Waals surface area contributed by atoms with Gasteiger partial charge in [0.25, 0.3) is 0 Å². The lowest BCUT2D eigenvalue weighted by Gasteiger charge is -2.22. The van der Waals surface area contributed by atoms with E-state index < -0.39 is 0 Å². The predicted molar refractivity (Wildman–Crippen MR) is 49.3 cm³/mol. The van der Waals surface area contributed by atoms with Crippen molar-refractivity contribution in [2.24, 2.45) is 0 Å². The van der Waals surface area contributed by atoms with Crippen LogP contribution in [0.1, 0.15) is 6.42 Å². The van der Waals surface area contributed by atoms with Crippen molar-refractivity contribution in [3.63, 3.8) is 0 Å². The molecular formula is C8H17ClN2. The van der Waals surface area contributed by atoms with Gasteiger partial charge in [-0.05, 0) is 27.1 Å². The number of hydrogen-bond donors (Lipinski definition) is 0.